The Morgan fingerprint density at radius 3 is 2.52 bits per heavy atom. The Kier molecular flexibility index (Phi) is 6.13. The predicted octanol–water partition coefficient (Wildman–Crippen LogP) is 4.40. The van der Waals surface area contributed by atoms with Crippen LogP contribution in [0.5, 0.6) is 0 Å². The van der Waals surface area contributed by atoms with Gasteiger partial charge in [-0.05, 0) is 55.2 Å². The Morgan fingerprint density at radius 2 is 1.87 bits per heavy atom. The van der Waals surface area contributed by atoms with E-state index in [1.165, 1.54) is 0 Å². The zero-order valence-corrected chi connectivity index (χ0v) is 14.7. The second-order valence-corrected chi connectivity index (χ2v) is 6.24. The summed E-state index contributed by atoms with van der Waals surface area (Å²) in [5.41, 5.74) is 3.91. The molecule has 0 spiro atoms. The van der Waals surface area contributed by atoms with Crippen molar-refractivity contribution in [2.75, 3.05) is 5.32 Å². The van der Waals surface area contributed by atoms with Crippen LogP contribution in [0.4, 0.5) is 5.69 Å². The normalized spacial score (nSPS) is 10.2. The summed E-state index contributed by atoms with van der Waals surface area (Å²) >= 11 is 11.4. The van der Waals surface area contributed by atoms with Crippen molar-refractivity contribution in [1.82, 2.24) is 5.32 Å². The van der Waals surface area contributed by atoms with Crippen LogP contribution in [0, 0.1) is 13.8 Å². The third-order valence-corrected chi connectivity index (χ3v) is 3.91. The lowest BCUT2D eigenvalue weighted by Gasteiger charge is -2.14. The number of halogens is 1. The van der Waals surface area contributed by atoms with Crippen LogP contribution in [0.25, 0.3) is 0 Å². The fraction of sp³-hybridized carbons (Fsp3) is 0.222. The summed E-state index contributed by atoms with van der Waals surface area (Å²) in [7, 11) is 0. The first-order valence-electron chi connectivity index (χ1n) is 7.37. The van der Waals surface area contributed by atoms with E-state index in [0.29, 0.717) is 17.9 Å². The molecule has 2 aromatic carbocycles. The topological polar surface area (TPSA) is 41.1 Å². The first kappa shape index (κ1) is 17.4. The van der Waals surface area contributed by atoms with Gasteiger partial charge in [-0.15, -0.1) is 0 Å². The number of nitrogens with one attached hydrogen (secondary N) is 2. The molecule has 120 valence electrons. The molecule has 0 unspecified atom stereocenters. The Labute approximate surface area is 147 Å². The molecule has 0 saturated heterocycles. The van der Waals surface area contributed by atoms with Crippen molar-refractivity contribution in [1.29, 1.82) is 0 Å². The van der Waals surface area contributed by atoms with Crippen molar-refractivity contribution in [2.24, 2.45) is 0 Å². The van der Waals surface area contributed by atoms with E-state index in [-0.39, 0.29) is 11.0 Å². The number of amides is 1. The molecule has 0 aliphatic carbocycles. The molecule has 0 aliphatic heterocycles. The van der Waals surface area contributed by atoms with E-state index in [1.54, 1.807) is 0 Å². The maximum atomic E-state index is 12.0. The van der Waals surface area contributed by atoms with Crippen LogP contribution in [0.3, 0.4) is 0 Å². The molecule has 2 aromatic rings. The molecule has 0 saturated carbocycles. The van der Waals surface area contributed by atoms with Crippen LogP contribution in [0.1, 0.15) is 23.1 Å². The molecule has 3 nitrogen and oxygen atoms in total. The van der Waals surface area contributed by atoms with Gasteiger partial charge in [0.2, 0.25) is 5.91 Å². The summed E-state index contributed by atoms with van der Waals surface area (Å²) in [4.78, 5) is 12.0. The van der Waals surface area contributed by atoms with Gasteiger partial charge in [0.25, 0.3) is 0 Å². The van der Waals surface area contributed by atoms with Crippen molar-refractivity contribution in [3.63, 3.8) is 0 Å². The van der Waals surface area contributed by atoms with Crippen molar-refractivity contribution >= 4 is 40.5 Å². The summed E-state index contributed by atoms with van der Waals surface area (Å²) in [6.07, 6.45) is 1.06. The smallest absolute Gasteiger partial charge is 0.226 e. The largest absolute Gasteiger partial charge is 0.331 e. The highest BCUT2D eigenvalue weighted by atomic mass is 35.5. The lowest BCUT2D eigenvalue weighted by Crippen LogP contribution is -2.34. The Balaban J connectivity index is 1.88. The molecule has 0 radical (unpaired) electrons. The van der Waals surface area contributed by atoms with Gasteiger partial charge in [0.15, 0.2) is 5.11 Å². The SMILES string of the molecule is Cc1cc(C)c(NC(=S)NC(=O)CCc2ccccc2)c(Cl)c1. The van der Waals surface area contributed by atoms with Crippen LogP contribution < -0.4 is 10.6 Å². The van der Waals surface area contributed by atoms with E-state index in [1.807, 2.05) is 56.3 Å². The molecular weight excluding hydrogens is 328 g/mol. The first-order chi connectivity index (χ1) is 11.0. The summed E-state index contributed by atoms with van der Waals surface area (Å²) in [6.45, 7) is 3.92. The van der Waals surface area contributed by atoms with E-state index in [2.05, 4.69) is 10.6 Å². The molecule has 1 amide bonds. The van der Waals surface area contributed by atoms with Crippen LogP contribution in [0.2, 0.25) is 5.02 Å². The molecule has 0 bridgehead atoms. The average molecular weight is 347 g/mol. The van der Waals surface area contributed by atoms with Crippen LogP contribution in [0.15, 0.2) is 42.5 Å². The monoisotopic (exact) mass is 346 g/mol. The van der Waals surface area contributed by atoms with Gasteiger partial charge in [-0.25, -0.2) is 0 Å². The predicted molar refractivity (Wildman–Crippen MR) is 100 cm³/mol. The van der Waals surface area contributed by atoms with Gasteiger partial charge in [0, 0.05) is 6.42 Å². The van der Waals surface area contributed by atoms with Crippen molar-refractivity contribution < 1.29 is 4.79 Å². The molecular formula is C18H19ClN2OS. The molecule has 0 fully saturated rings. The van der Waals surface area contributed by atoms with Crippen molar-refractivity contribution in [2.45, 2.75) is 26.7 Å². The molecule has 0 atom stereocenters. The molecule has 2 N–H and O–H groups in total. The van der Waals surface area contributed by atoms with Gasteiger partial charge < -0.3 is 10.6 Å². The van der Waals surface area contributed by atoms with Crippen LogP contribution in [-0.2, 0) is 11.2 Å². The zero-order valence-electron chi connectivity index (χ0n) is 13.2. The highest BCUT2D eigenvalue weighted by molar-refractivity contribution is 7.80. The number of hydrogen-bond donors (Lipinski definition) is 2. The van der Waals surface area contributed by atoms with Crippen molar-refractivity contribution in [3.05, 3.63) is 64.2 Å². The zero-order chi connectivity index (χ0) is 16.8. The summed E-state index contributed by atoms with van der Waals surface area (Å²) in [5.74, 6) is -0.118. The van der Waals surface area contributed by atoms with E-state index < -0.39 is 0 Å². The minimum atomic E-state index is -0.118. The second kappa shape index (κ2) is 8.09. The summed E-state index contributed by atoms with van der Waals surface area (Å²) in [6, 6.07) is 13.7. The number of aryl methyl sites for hydroxylation is 3. The lowest BCUT2D eigenvalue weighted by molar-refractivity contribution is -0.119. The number of carbonyl (C=O) groups is 1. The average Bonchev–Trinajstić information content (AvgIpc) is 2.50. The van der Waals surface area contributed by atoms with Crippen molar-refractivity contribution in [3.8, 4) is 0 Å². The van der Waals surface area contributed by atoms with Gasteiger partial charge in [-0.1, -0.05) is 48.0 Å². The standard InChI is InChI=1S/C18H19ClN2OS/c1-12-10-13(2)17(15(19)11-12)21-18(23)20-16(22)9-8-14-6-4-3-5-7-14/h3-7,10-11H,8-9H2,1-2H3,(H2,20,21,22,23). The third kappa shape index (κ3) is 5.34. The lowest BCUT2D eigenvalue weighted by atomic mass is 10.1. The minimum absolute atomic E-state index is 0.118. The van der Waals surface area contributed by atoms with E-state index in [9.17, 15) is 4.79 Å². The first-order valence-corrected chi connectivity index (χ1v) is 8.16. The maximum Gasteiger partial charge on any atom is 0.226 e. The fourth-order valence-electron chi connectivity index (χ4n) is 2.31. The number of thiocarbonyl (C=S) groups is 1. The van der Waals surface area contributed by atoms with Gasteiger partial charge in [0.1, 0.15) is 0 Å². The number of hydrogen-bond acceptors (Lipinski definition) is 2. The van der Waals surface area contributed by atoms with E-state index in [4.69, 9.17) is 23.8 Å². The quantitative estimate of drug-likeness (QED) is 0.806. The number of rotatable bonds is 4. The van der Waals surface area contributed by atoms with Crippen LogP contribution >= 0.6 is 23.8 Å². The molecule has 23 heavy (non-hydrogen) atoms. The Hall–Kier alpha value is -1.91. The maximum absolute atomic E-state index is 12.0. The minimum Gasteiger partial charge on any atom is -0.331 e. The number of carbonyl (C=O) groups excluding carboxylic acids is 1. The highest BCUT2D eigenvalue weighted by Gasteiger charge is 2.09. The van der Waals surface area contributed by atoms with Gasteiger partial charge in [-0.2, -0.15) is 0 Å². The van der Waals surface area contributed by atoms with Gasteiger partial charge in [0.05, 0.1) is 10.7 Å². The fourth-order valence-corrected chi connectivity index (χ4v) is 2.89. The van der Waals surface area contributed by atoms with E-state index >= 15 is 0 Å². The molecule has 0 aliphatic rings. The Bertz CT molecular complexity index is 693. The van der Waals surface area contributed by atoms with E-state index in [0.717, 1.165) is 22.4 Å². The summed E-state index contributed by atoms with van der Waals surface area (Å²) in [5, 5.41) is 6.54. The number of anilines is 1. The number of benzene rings is 2. The summed E-state index contributed by atoms with van der Waals surface area (Å²) < 4.78 is 0. The highest BCUT2D eigenvalue weighted by Crippen LogP contribution is 2.27. The Morgan fingerprint density at radius 1 is 1.17 bits per heavy atom. The third-order valence-electron chi connectivity index (χ3n) is 3.41. The van der Waals surface area contributed by atoms with Gasteiger partial charge >= 0.3 is 0 Å². The second-order valence-electron chi connectivity index (χ2n) is 5.43. The van der Waals surface area contributed by atoms with Crippen LogP contribution in [-0.4, -0.2) is 11.0 Å². The molecule has 5 heteroatoms. The molecule has 0 aromatic heterocycles. The molecule has 0 heterocycles. The van der Waals surface area contributed by atoms with Gasteiger partial charge in [-0.3, -0.25) is 4.79 Å². The molecule has 2 rings (SSSR count).